The molecule has 2 N–H and O–H groups in total. The number of hydrogen-bond acceptors (Lipinski definition) is 4. The van der Waals surface area contributed by atoms with Gasteiger partial charge in [0, 0.05) is 23.8 Å². The number of para-hydroxylation sites is 2. The van der Waals surface area contributed by atoms with E-state index < -0.39 is 11.7 Å². The Morgan fingerprint density at radius 2 is 1.73 bits per heavy atom. The largest absolute Gasteiger partial charge is 0.451 e. The Kier molecular flexibility index (Phi) is 5.45. The van der Waals surface area contributed by atoms with Crippen LogP contribution in [0.3, 0.4) is 0 Å². The second-order valence-corrected chi connectivity index (χ2v) is 7.03. The van der Waals surface area contributed by atoms with Crippen molar-refractivity contribution in [3.8, 4) is 0 Å². The third-order valence-corrected chi connectivity index (χ3v) is 4.79. The number of anilines is 3. The summed E-state index contributed by atoms with van der Waals surface area (Å²) in [5.41, 5.74) is 2.32. The van der Waals surface area contributed by atoms with Crippen molar-refractivity contribution in [2.75, 3.05) is 17.3 Å². The van der Waals surface area contributed by atoms with Crippen LogP contribution < -0.4 is 15.5 Å². The molecule has 7 heteroatoms. The normalized spacial score (nSPS) is 10.6. The summed E-state index contributed by atoms with van der Waals surface area (Å²) in [5.74, 6) is -0.756. The van der Waals surface area contributed by atoms with Crippen molar-refractivity contribution in [3.05, 3.63) is 90.4 Å². The van der Waals surface area contributed by atoms with Gasteiger partial charge in [0.25, 0.3) is 5.91 Å². The lowest BCUT2D eigenvalue weighted by Gasteiger charge is -2.20. The number of carbonyl (C=O) groups is 1. The van der Waals surface area contributed by atoms with Crippen molar-refractivity contribution in [1.82, 2.24) is 5.32 Å². The molecular weight excluding hydrogens is 401 g/mol. The van der Waals surface area contributed by atoms with Gasteiger partial charge in [-0.1, -0.05) is 36.4 Å². The maximum absolute atomic E-state index is 14.7. The van der Waals surface area contributed by atoms with Crippen LogP contribution in [0.1, 0.15) is 10.6 Å². The standard InChI is InChI=1S/C23H18FN3O2S/c1-27(17-8-3-2-4-9-17)19-12-11-16(14-18(19)24)25-23(30)26-22(28)21-13-15-7-5-6-10-20(15)29-21/h2-14H,1H3,(H2,25,26,28,30). The van der Waals surface area contributed by atoms with Gasteiger partial charge in [0.15, 0.2) is 10.9 Å². The van der Waals surface area contributed by atoms with E-state index in [1.165, 1.54) is 6.07 Å². The SMILES string of the molecule is CN(c1ccccc1)c1ccc(NC(=S)NC(=O)c2cc3ccccc3o2)cc1F. The average Bonchev–Trinajstić information content (AvgIpc) is 3.18. The van der Waals surface area contributed by atoms with Gasteiger partial charge in [-0.3, -0.25) is 10.1 Å². The van der Waals surface area contributed by atoms with E-state index in [-0.39, 0.29) is 10.9 Å². The van der Waals surface area contributed by atoms with E-state index in [0.717, 1.165) is 11.1 Å². The molecular formula is C23H18FN3O2S. The molecule has 3 aromatic carbocycles. The Bertz CT molecular complexity index is 1190. The van der Waals surface area contributed by atoms with Gasteiger partial charge in [0.2, 0.25) is 0 Å². The predicted octanol–water partition coefficient (Wildman–Crippen LogP) is 5.47. The molecule has 1 aromatic heterocycles. The molecule has 0 saturated carbocycles. The van der Waals surface area contributed by atoms with Gasteiger partial charge in [-0.2, -0.15) is 0 Å². The average molecular weight is 419 g/mol. The second-order valence-electron chi connectivity index (χ2n) is 6.62. The lowest BCUT2D eigenvalue weighted by molar-refractivity contribution is 0.0953. The molecule has 0 aliphatic heterocycles. The first kappa shape index (κ1) is 19.6. The first-order chi connectivity index (χ1) is 14.5. The fraction of sp³-hybridized carbons (Fsp3) is 0.0435. The molecule has 1 amide bonds. The van der Waals surface area contributed by atoms with Crippen molar-refractivity contribution in [2.45, 2.75) is 0 Å². The quantitative estimate of drug-likeness (QED) is 0.430. The van der Waals surface area contributed by atoms with E-state index in [2.05, 4.69) is 10.6 Å². The highest BCUT2D eigenvalue weighted by Gasteiger charge is 2.15. The number of carbonyl (C=O) groups excluding carboxylic acids is 1. The number of fused-ring (bicyclic) bond motifs is 1. The van der Waals surface area contributed by atoms with Gasteiger partial charge in [-0.15, -0.1) is 0 Å². The van der Waals surface area contributed by atoms with Gasteiger partial charge in [-0.25, -0.2) is 4.39 Å². The lowest BCUT2D eigenvalue weighted by atomic mass is 10.2. The smallest absolute Gasteiger partial charge is 0.293 e. The zero-order valence-corrected chi connectivity index (χ0v) is 16.9. The monoisotopic (exact) mass is 419 g/mol. The molecule has 4 rings (SSSR count). The molecule has 5 nitrogen and oxygen atoms in total. The van der Waals surface area contributed by atoms with Gasteiger partial charge in [0.1, 0.15) is 11.4 Å². The number of amides is 1. The minimum absolute atomic E-state index is 0.0454. The Hall–Kier alpha value is -3.71. The summed E-state index contributed by atoms with van der Waals surface area (Å²) in [4.78, 5) is 14.1. The topological polar surface area (TPSA) is 57.5 Å². The maximum Gasteiger partial charge on any atom is 0.293 e. The summed E-state index contributed by atoms with van der Waals surface area (Å²) in [6.45, 7) is 0. The van der Waals surface area contributed by atoms with Gasteiger partial charge < -0.3 is 14.6 Å². The Balaban J connectivity index is 1.43. The minimum atomic E-state index is -0.482. The number of hydrogen-bond donors (Lipinski definition) is 2. The molecule has 0 bridgehead atoms. The highest BCUT2D eigenvalue weighted by Crippen LogP contribution is 2.28. The Morgan fingerprint density at radius 3 is 2.47 bits per heavy atom. The molecule has 150 valence electrons. The maximum atomic E-state index is 14.7. The third-order valence-electron chi connectivity index (χ3n) is 4.59. The van der Waals surface area contributed by atoms with Crippen LogP contribution in [0.25, 0.3) is 11.0 Å². The van der Waals surface area contributed by atoms with Crippen molar-refractivity contribution < 1.29 is 13.6 Å². The fourth-order valence-electron chi connectivity index (χ4n) is 3.07. The van der Waals surface area contributed by atoms with Crippen LogP contribution in [0.5, 0.6) is 0 Å². The van der Waals surface area contributed by atoms with Crippen LogP contribution in [0.15, 0.2) is 83.3 Å². The van der Waals surface area contributed by atoms with Gasteiger partial charge >= 0.3 is 0 Å². The number of benzene rings is 3. The molecule has 0 fully saturated rings. The van der Waals surface area contributed by atoms with E-state index >= 15 is 0 Å². The van der Waals surface area contributed by atoms with Crippen molar-refractivity contribution in [1.29, 1.82) is 0 Å². The molecule has 0 unspecified atom stereocenters. The Morgan fingerprint density at radius 1 is 1.00 bits per heavy atom. The van der Waals surface area contributed by atoms with Gasteiger partial charge in [0.05, 0.1) is 5.69 Å². The number of thiocarbonyl (C=S) groups is 1. The Labute approximate surface area is 178 Å². The summed E-state index contributed by atoms with van der Waals surface area (Å²) in [5, 5.41) is 6.23. The number of halogens is 1. The zero-order chi connectivity index (χ0) is 21.1. The number of nitrogens with one attached hydrogen (secondary N) is 2. The molecule has 0 aliphatic rings. The van der Waals surface area contributed by atoms with Crippen molar-refractivity contribution in [2.24, 2.45) is 0 Å². The highest BCUT2D eigenvalue weighted by atomic mass is 32.1. The van der Waals surface area contributed by atoms with Gasteiger partial charge in [-0.05, 0) is 54.7 Å². The molecule has 0 aliphatic carbocycles. The zero-order valence-electron chi connectivity index (χ0n) is 16.1. The van der Waals surface area contributed by atoms with E-state index in [1.807, 2.05) is 48.5 Å². The number of nitrogens with zero attached hydrogens (tertiary/aromatic N) is 1. The van der Waals surface area contributed by atoms with E-state index in [9.17, 15) is 9.18 Å². The predicted molar refractivity (Wildman–Crippen MR) is 121 cm³/mol. The van der Waals surface area contributed by atoms with E-state index in [1.54, 1.807) is 36.2 Å². The van der Waals surface area contributed by atoms with Crippen LogP contribution >= 0.6 is 12.2 Å². The summed E-state index contributed by atoms with van der Waals surface area (Å²) < 4.78 is 20.2. The number of furan rings is 1. The summed E-state index contributed by atoms with van der Waals surface area (Å²) in [6.07, 6.45) is 0. The van der Waals surface area contributed by atoms with Crippen LogP contribution in [-0.4, -0.2) is 18.1 Å². The second kappa shape index (κ2) is 8.34. The molecule has 4 aromatic rings. The number of rotatable bonds is 4. The summed E-state index contributed by atoms with van der Waals surface area (Å²) in [7, 11) is 1.79. The molecule has 30 heavy (non-hydrogen) atoms. The summed E-state index contributed by atoms with van der Waals surface area (Å²) >= 11 is 5.18. The molecule has 1 heterocycles. The van der Waals surface area contributed by atoms with Crippen molar-refractivity contribution in [3.63, 3.8) is 0 Å². The van der Waals surface area contributed by atoms with E-state index in [4.69, 9.17) is 16.6 Å². The van der Waals surface area contributed by atoms with E-state index in [0.29, 0.717) is 17.0 Å². The minimum Gasteiger partial charge on any atom is -0.451 e. The lowest BCUT2D eigenvalue weighted by Crippen LogP contribution is -2.33. The molecule has 0 radical (unpaired) electrons. The van der Waals surface area contributed by atoms with Crippen molar-refractivity contribution >= 4 is 51.3 Å². The van der Waals surface area contributed by atoms with Crippen LogP contribution in [-0.2, 0) is 0 Å². The van der Waals surface area contributed by atoms with Crippen LogP contribution in [0.4, 0.5) is 21.5 Å². The fourth-order valence-corrected chi connectivity index (χ4v) is 3.28. The molecule has 0 spiro atoms. The third kappa shape index (κ3) is 4.16. The first-order valence-corrected chi connectivity index (χ1v) is 9.61. The highest BCUT2D eigenvalue weighted by molar-refractivity contribution is 7.80. The van der Waals surface area contributed by atoms with Crippen LogP contribution in [0.2, 0.25) is 0 Å². The summed E-state index contributed by atoms with van der Waals surface area (Å²) in [6, 6.07) is 23.1. The molecule has 0 saturated heterocycles. The molecule has 0 atom stereocenters. The first-order valence-electron chi connectivity index (χ1n) is 9.20. The van der Waals surface area contributed by atoms with Crippen LogP contribution in [0, 0.1) is 5.82 Å².